The molecule has 1 aromatic carbocycles. The molecule has 2 rings (SSSR count). The van der Waals surface area contributed by atoms with Crippen molar-refractivity contribution in [3.8, 4) is 0 Å². The summed E-state index contributed by atoms with van der Waals surface area (Å²) in [5, 5.41) is 3.68. The van der Waals surface area contributed by atoms with Gasteiger partial charge in [0.1, 0.15) is 5.82 Å². The van der Waals surface area contributed by atoms with Crippen LogP contribution in [0.4, 0.5) is 4.39 Å². The molecule has 1 aliphatic rings. The first-order chi connectivity index (χ1) is 8.37. The molecule has 1 amide bonds. The van der Waals surface area contributed by atoms with Crippen molar-refractivity contribution in [2.45, 2.75) is 6.04 Å². The highest BCUT2D eigenvalue weighted by Crippen LogP contribution is 2.16. The van der Waals surface area contributed by atoms with Gasteiger partial charge in [-0.3, -0.25) is 4.79 Å². The predicted octanol–water partition coefficient (Wildman–Crippen LogP) is 1.52. The summed E-state index contributed by atoms with van der Waals surface area (Å²) in [4.78, 5) is 11.7. The van der Waals surface area contributed by atoms with Gasteiger partial charge in [0, 0.05) is 10.4 Å². The SMILES string of the molecule is O=C(NC1C=CS(=O)(=O)C1)c1cc(Cl)ccc1F. The number of halogens is 2. The average Bonchev–Trinajstić information content (AvgIpc) is 2.61. The van der Waals surface area contributed by atoms with Crippen molar-refractivity contribution in [2.24, 2.45) is 0 Å². The molecule has 0 spiro atoms. The van der Waals surface area contributed by atoms with Crippen LogP contribution in [-0.4, -0.2) is 26.1 Å². The highest BCUT2D eigenvalue weighted by molar-refractivity contribution is 7.94. The molecule has 18 heavy (non-hydrogen) atoms. The van der Waals surface area contributed by atoms with E-state index in [1.807, 2.05) is 0 Å². The molecule has 0 saturated carbocycles. The van der Waals surface area contributed by atoms with Gasteiger partial charge in [0.2, 0.25) is 0 Å². The summed E-state index contributed by atoms with van der Waals surface area (Å²) < 4.78 is 35.7. The second kappa shape index (κ2) is 4.70. The Hall–Kier alpha value is -1.40. The number of sulfone groups is 1. The van der Waals surface area contributed by atoms with E-state index in [1.165, 1.54) is 18.2 Å². The van der Waals surface area contributed by atoms with Crippen LogP contribution in [0.5, 0.6) is 0 Å². The summed E-state index contributed by atoms with van der Waals surface area (Å²) in [5.74, 6) is -1.61. The Labute approximate surface area is 108 Å². The standard InChI is InChI=1S/C11H9ClFNO3S/c12-7-1-2-10(13)9(5-7)11(15)14-8-3-4-18(16,17)6-8/h1-5,8H,6H2,(H,14,15). The summed E-state index contributed by atoms with van der Waals surface area (Å²) in [6.07, 6.45) is 1.36. The van der Waals surface area contributed by atoms with Gasteiger partial charge in [0.15, 0.2) is 9.84 Å². The van der Waals surface area contributed by atoms with Gasteiger partial charge in [-0.2, -0.15) is 0 Å². The van der Waals surface area contributed by atoms with E-state index in [2.05, 4.69) is 5.32 Å². The third-order valence-corrected chi connectivity index (χ3v) is 4.05. The Balaban J connectivity index is 2.14. The normalized spacial score (nSPS) is 20.9. The molecule has 4 nitrogen and oxygen atoms in total. The summed E-state index contributed by atoms with van der Waals surface area (Å²) in [6.45, 7) is 0. The van der Waals surface area contributed by atoms with Gasteiger partial charge in [-0.05, 0) is 24.3 Å². The molecule has 0 aromatic heterocycles. The Morgan fingerprint density at radius 2 is 2.17 bits per heavy atom. The van der Waals surface area contributed by atoms with E-state index in [-0.39, 0.29) is 16.3 Å². The van der Waals surface area contributed by atoms with Crippen molar-refractivity contribution in [3.05, 3.63) is 46.1 Å². The van der Waals surface area contributed by atoms with Crippen LogP contribution in [0, 0.1) is 5.82 Å². The summed E-state index contributed by atoms with van der Waals surface area (Å²) in [6, 6.07) is 2.96. The lowest BCUT2D eigenvalue weighted by Crippen LogP contribution is -2.35. The monoisotopic (exact) mass is 289 g/mol. The number of nitrogens with one attached hydrogen (secondary N) is 1. The fourth-order valence-corrected chi connectivity index (χ4v) is 2.99. The first-order valence-corrected chi connectivity index (χ1v) is 7.13. The molecule has 1 N–H and O–H groups in total. The molecule has 1 unspecified atom stereocenters. The quantitative estimate of drug-likeness (QED) is 0.898. The minimum atomic E-state index is -3.26. The van der Waals surface area contributed by atoms with E-state index in [0.29, 0.717) is 0 Å². The van der Waals surface area contributed by atoms with Crippen LogP contribution in [0.2, 0.25) is 5.02 Å². The first-order valence-electron chi connectivity index (χ1n) is 5.04. The molecule has 1 atom stereocenters. The van der Waals surface area contributed by atoms with E-state index in [4.69, 9.17) is 11.6 Å². The van der Waals surface area contributed by atoms with E-state index >= 15 is 0 Å². The van der Waals surface area contributed by atoms with Crippen LogP contribution in [0.1, 0.15) is 10.4 Å². The smallest absolute Gasteiger partial charge is 0.254 e. The summed E-state index contributed by atoms with van der Waals surface area (Å²) in [7, 11) is -3.26. The average molecular weight is 290 g/mol. The molecule has 96 valence electrons. The van der Waals surface area contributed by atoms with Gasteiger partial charge in [-0.1, -0.05) is 11.6 Å². The van der Waals surface area contributed by atoms with Crippen molar-refractivity contribution in [3.63, 3.8) is 0 Å². The van der Waals surface area contributed by atoms with Gasteiger partial charge >= 0.3 is 0 Å². The van der Waals surface area contributed by atoms with Crippen molar-refractivity contribution in [1.29, 1.82) is 0 Å². The third kappa shape index (κ3) is 2.88. The molecule has 7 heteroatoms. The number of hydrogen-bond acceptors (Lipinski definition) is 3. The molecule has 1 heterocycles. The number of rotatable bonds is 2. The van der Waals surface area contributed by atoms with Gasteiger partial charge in [0.25, 0.3) is 5.91 Å². The van der Waals surface area contributed by atoms with Crippen molar-refractivity contribution in [2.75, 3.05) is 5.75 Å². The van der Waals surface area contributed by atoms with Crippen LogP contribution >= 0.6 is 11.6 Å². The van der Waals surface area contributed by atoms with Crippen LogP contribution in [-0.2, 0) is 9.84 Å². The van der Waals surface area contributed by atoms with Crippen molar-refractivity contribution in [1.82, 2.24) is 5.32 Å². The lowest BCUT2D eigenvalue weighted by Gasteiger charge is -2.10. The van der Waals surface area contributed by atoms with Gasteiger partial charge in [0.05, 0.1) is 17.4 Å². The van der Waals surface area contributed by atoms with Crippen molar-refractivity contribution >= 4 is 27.3 Å². The minimum Gasteiger partial charge on any atom is -0.345 e. The minimum absolute atomic E-state index is 0.207. The summed E-state index contributed by atoms with van der Waals surface area (Å²) >= 11 is 5.67. The van der Waals surface area contributed by atoms with Crippen LogP contribution < -0.4 is 5.32 Å². The largest absolute Gasteiger partial charge is 0.345 e. The lowest BCUT2D eigenvalue weighted by atomic mass is 10.2. The molecule has 0 saturated heterocycles. The van der Waals surface area contributed by atoms with E-state index in [0.717, 1.165) is 11.5 Å². The topological polar surface area (TPSA) is 63.2 Å². The molecule has 1 aliphatic heterocycles. The van der Waals surface area contributed by atoms with Gasteiger partial charge in [-0.25, -0.2) is 12.8 Å². The van der Waals surface area contributed by atoms with Crippen LogP contribution in [0.15, 0.2) is 29.7 Å². The number of carbonyl (C=O) groups is 1. The number of amides is 1. The second-order valence-electron chi connectivity index (χ2n) is 3.86. The van der Waals surface area contributed by atoms with Gasteiger partial charge in [-0.15, -0.1) is 0 Å². The molecular weight excluding hydrogens is 281 g/mol. The van der Waals surface area contributed by atoms with E-state index in [9.17, 15) is 17.6 Å². The fourth-order valence-electron chi connectivity index (χ4n) is 1.58. The fraction of sp³-hybridized carbons (Fsp3) is 0.182. The maximum Gasteiger partial charge on any atom is 0.254 e. The zero-order valence-corrected chi connectivity index (χ0v) is 10.6. The Morgan fingerprint density at radius 3 is 2.78 bits per heavy atom. The van der Waals surface area contributed by atoms with Crippen molar-refractivity contribution < 1.29 is 17.6 Å². The Bertz CT molecular complexity index is 627. The van der Waals surface area contributed by atoms with E-state index < -0.39 is 27.6 Å². The predicted molar refractivity (Wildman–Crippen MR) is 65.6 cm³/mol. The molecule has 1 aromatic rings. The van der Waals surface area contributed by atoms with E-state index in [1.54, 1.807) is 0 Å². The number of benzene rings is 1. The molecule has 0 bridgehead atoms. The maximum atomic E-state index is 13.4. The molecule has 0 aliphatic carbocycles. The Morgan fingerprint density at radius 1 is 1.44 bits per heavy atom. The summed E-state index contributed by atoms with van der Waals surface area (Å²) in [5.41, 5.74) is -0.208. The molecule has 0 fully saturated rings. The zero-order chi connectivity index (χ0) is 13.3. The Kier molecular flexibility index (Phi) is 3.41. The highest BCUT2D eigenvalue weighted by atomic mass is 35.5. The van der Waals surface area contributed by atoms with Crippen LogP contribution in [0.25, 0.3) is 0 Å². The molecular formula is C11H9ClFNO3S. The van der Waals surface area contributed by atoms with Crippen LogP contribution in [0.3, 0.4) is 0 Å². The lowest BCUT2D eigenvalue weighted by molar-refractivity contribution is 0.0943. The highest BCUT2D eigenvalue weighted by Gasteiger charge is 2.24. The molecule has 0 radical (unpaired) electrons. The number of carbonyl (C=O) groups excluding carboxylic acids is 1. The van der Waals surface area contributed by atoms with Gasteiger partial charge < -0.3 is 5.32 Å². The number of hydrogen-bond donors (Lipinski definition) is 1. The maximum absolute atomic E-state index is 13.4. The third-order valence-electron chi connectivity index (χ3n) is 2.42. The second-order valence-corrected chi connectivity index (χ2v) is 6.23. The first kappa shape index (κ1) is 13.0. The zero-order valence-electron chi connectivity index (χ0n) is 9.06.